The van der Waals surface area contributed by atoms with Gasteiger partial charge in [-0.25, -0.2) is 8.78 Å². The predicted molar refractivity (Wildman–Crippen MR) is 48.1 cm³/mol. The van der Waals surface area contributed by atoms with E-state index in [9.17, 15) is 8.78 Å². The van der Waals surface area contributed by atoms with Crippen LogP contribution in [0.2, 0.25) is 0 Å². The van der Waals surface area contributed by atoms with E-state index in [1.165, 1.54) is 4.68 Å². The summed E-state index contributed by atoms with van der Waals surface area (Å²) in [5, 5.41) is 3.78. The summed E-state index contributed by atoms with van der Waals surface area (Å²) in [6.07, 6.45) is 0.959. The minimum atomic E-state index is -2.50. The summed E-state index contributed by atoms with van der Waals surface area (Å²) in [6.45, 7) is 0.429. The molecule has 14 heavy (non-hydrogen) atoms. The first kappa shape index (κ1) is 9.58. The van der Waals surface area contributed by atoms with Gasteiger partial charge >= 0.3 is 0 Å². The molecule has 0 aromatic carbocycles. The lowest BCUT2D eigenvalue weighted by atomic mass is 9.97. The van der Waals surface area contributed by atoms with Crippen LogP contribution in [0.5, 0.6) is 0 Å². The summed E-state index contributed by atoms with van der Waals surface area (Å²) >= 11 is 0. The molecule has 0 amide bonds. The second kappa shape index (κ2) is 3.02. The third kappa shape index (κ3) is 1.32. The smallest absolute Gasteiger partial charge is 0.282 e. The Kier molecular flexibility index (Phi) is 2.06. The average Bonchev–Trinajstić information content (AvgIpc) is 2.84. The van der Waals surface area contributed by atoms with Crippen molar-refractivity contribution in [3.05, 3.63) is 17.5 Å². The SMILES string of the molecule is Cn1cc(C2(CN)CC2)c(C(F)F)n1. The highest BCUT2D eigenvalue weighted by Crippen LogP contribution is 2.49. The van der Waals surface area contributed by atoms with Crippen molar-refractivity contribution in [1.82, 2.24) is 9.78 Å². The minimum Gasteiger partial charge on any atom is -0.330 e. The van der Waals surface area contributed by atoms with Crippen LogP contribution in [-0.2, 0) is 12.5 Å². The molecule has 0 radical (unpaired) electrons. The van der Waals surface area contributed by atoms with Crippen LogP contribution in [0.1, 0.15) is 30.5 Å². The summed E-state index contributed by atoms with van der Waals surface area (Å²) in [6, 6.07) is 0. The van der Waals surface area contributed by atoms with Crippen molar-refractivity contribution in [3.63, 3.8) is 0 Å². The van der Waals surface area contributed by atoms with Crippen LogP contribution < -0.4 is 5.73 Å². The van der Waals surface area contributed by atoms with Crippen LogP contribution in [0, 0.1) is 0 Å². The van der Waals surface area contributed by atoms with E-state index in [1.54, 1.807) is 13.2 Å². The second-order valence-electron chi connectivity index (χ2n) is 3.89. The van der Waals surface area contributed by atoms with Crippen LogP contribution >= 0.6 is 0 Å². The second-order valence-corrected chi connectivity index (χ2v) is 3.89. The van der Waals surface area contributed by atoms with Gasteiger partial charge in [-0.15, -0.1) is 0 Å². The molecule has 1 aromatic heterocycles. The van der Waals surface area contributed by atoms with Crippen LogP contribution in [0.4, 0.5) is 8.78 Å². The van der Waals surface area contributed by atoms with Gasteiger partial charge in [0.05, 0.1) is 0 Å². The fourth-order valence-corrected chi connectivity index (χ4v) is 1.81. The molecular formula is C9H13F2N3. The number of hydrogen-bond donors (Lipinski definition) is 1. The van der Waals surface area contributed by atoms with E-state index in [2.05, 4.69) is 5.10 Å². The molecule has 1 aliphatic rings. The van der Waals surface area contributed by atoms with E-state index in [0.29, 0.717) is 12.1 Å². The molecule has 5 heteroatoms. The quantitative estimate of drug-likeness (QED) is 0.802. The Labute approximate surface area is 80.9 Å². The van der Waals surface area contributed by atoms with Crippen molar-refractivity contribution < 1.29 is 8.78 Å². The normalized spacial score (nSPS) is 18.9. The highest BCUT2D eigenvalue weighted by molar-refractivity contribution is 5.34. The minimum absolute atomic E-state index is 0.101. The van der Waals surface area contributed by atoms with Crippen molar-refractivity contribution in [2.24, 2.45) is 12.8 Å². The third-order valence-electron chi connectivity index (χ3n) is 2.88. The summed E-state index contributed by atoms with van der Waals surface area (Å²) in [5.74, 6) is 0. The standard InChI is InChI=1S/C9H13F2N3/c1-14-4-6(7(13-14)8(10)11)9(5-12)2-3-9/h4,8H,2-3,5,12H2,1H3. The topological polar surface area (TPSA) is 43.8 Å². The molecule has 0 unspecified atom stereocenters. The number of aryl methyl sites for hydroxylation is 1. The average molecular weight is 201 g/mol. The number of hydrogen-bond acceptors (Lipinski definition) is 2. The van der Waals surface area contributed by atoms with Crippen molar-refractivity contribution >= 4 is 0 Å². The number of nitrogens with zero attached hydrogens (tertiary/aromatic N) is 2. The van der Waals surface area contributed by atoms with Gasteiger partial charge in [0.15, 0.2) is 0 Å². The Bertz CT molecular complexity index is 342. The van der Waals surface area contributed by atoms with E-state index >= 15 is 0 Å². The zero-order valence-corrected chi connectivity index (χ0v) is 8.00. The van der Waals surface area contributed by atoms with Crippen molar-refractivity contribution in [1.29, 1.82) is 0 Å². The van der Waals surface area contributed by atoms with E-state index < -0.39 is 6.43 Å². The number of aromatic nitrogens is 2. The third-order valence-corrected chi connectivity index (χ3v) is 2.88. The molecule has 0 spiro atoms. The lowest BCUT2D eigenvalue weighted by molar-refractivity contribution is 0.143. The monoisotopic (exact) mass is 201 g/mol. The van der Waals surface area contributed by atoms with E-state index in [4.69, 9.17) is 5.73 Å². The molecule has 0 saturated heterocycles. The zero-order chi connectivity index (χ0) is 10.3. The number of halogens is 2. The molecule has 1 aliphatic carbocycles. The zero-order valence-electron chi connectivity index (χ0n) is 8.00. The number of alkyl halides is 2. The maximum Gasteiger partial charge on any atom is 0.282 e. The predicted octanol–water partition coefficient (Wildman–Crippen LogP) is 1.35. The lowest BCUT2D eigenvalue weighted by Gasteiger charge is -2.11. The Hall–Kier alpha value is -0.970. The number of rotatable bonds is 3. The lowest BCUT2D eigenvalue weighted by Crippen LogP contribution is -2.20. The largest absolute Gasteiger partial charge is 0.330 e. The summed E-state index contributed by atoms with van der Waals surface area (Å²) < 4.78 is 26.7. The van der Waals surface area contributed by atoms with E-state index in [0.717, 1.165) is 12.8 Å². The molecule has 3 nitrogen and oxygen atoms in total. The van der Waals surface area contributed by atoms with Crippen molar-refractivity contribution in [3.8, 4) is 0 Å². The summed E-state index contributed by atoms with van der Waals surface area (Å²) in [5.41, 5.74) is 5.92. The molecule has 78 valence electrons. The first-order chi connectivity index (χ1) is 6.59. The van der Waals surface area contributed by atoms with Gasteiger partial charge in [0.1, 0.15) is 5.69 Å². The highest BCUT2D eigenvalue weighted by Gasteiger charge is 2.46. The maximum atomic E-state index is 12.6. The Morgan fingerprint density at radius 2 is 2.29 bits per heavy atom. The van der Waals surface area contributed by atoms with Gasteiger partial charge in [0, 0.05) is 30.8 Å². The number of nitrogens with two attached hydrogens (primary N) is 1. The van der Waals surface area contributed by atoms with Gasteiger partial charge in [-0.2, -0.15) is 5.10 Å². The molecule has 0 aliphatic heterocycles. The van der Waals surface area contributed by atoms with Gasteiger partial charge in [-0.05, 0) is 12.8 Å². The Morgan fingerprint density at radius 1 is 1.64 bits per heavy atom. The molecule has 1 heterocycles. The van der Waals surface area contributed by atoms with Crippen LogP contribution in [-0.4, -0.2) is 16.3 Å². The van der Waals surface area contributed by atoms with E-state index in [1.807, 2.05) is 0 Å². The molecule has 0 atom stereocenters. The van der Waals surface area contributed by atoms with Gasteiger partial charge in [-0.1, -0.05) is 0 Å². The molecule has 2 N–H and O–H groups in total. The van der Waals surface area contributed by atoms with Crippen LogP contribution in [0.15, 0.2) is 6.20 Å². The maximum absolute atomic E-state index is 12.6. The Morgan fingerprint density at radius 3 is 2.71 bits per heavy atom. The van der Waals surface area contributed by atoms with E-state index in [-0.39, 0.29) is 11.1 Å². The molecule has 1 aromatic rings. The van der Waals surface area contributed by atoms with Gasteiger partial charge in [0.25, 0.3) is 6.43 Å². The molecule has 0 bridgehead atoms. The van der Waals surface area contributed by atoms with Crippen molar-refractivity contribution in [2.45, 2.75) is 24.7 Å². The molecule has 1 saturated carbocycles. The molecule has 1 fully saturated rings. The highest BCUT2D eigenvalue weighted by atomic mass is 19.3. The van der Waals surface area contributed by atoms with Gasteiger partial charge in [0.2, 0.25) is 0 Å². The first-order valence-electron chi connectivity index (χ1n) is 4.61. The molecule has 2 rings (SSSR count). The van der Waals surface area contributed by atoms with Gasteiger partial charge < -0.3 is 5.73 Å². The fraction of sp³-hybridized carbons (Fsp3) is 0.667. The van der Waals surface area contributed by atoms with Gasteiger partial charge in [-0.3, -0.25) is 4.68 Å². The van der Waals surface area contributed by atoms with Crippen LogP contribution in [0.25, 0.3) is 0 Å². The first-order valence-corrected chi connectivity index (χ1v) is 4.61. The Balaban J connectivity index is 2.41. The molecular weight excluding hydrogens is 188 g/mol. The summed E-state index contributed by atoms with van der Waals surface area (Å²) in [4.78, 5) is 0. The van der Waals surface area contributed by atoms with Crippen molar-refractivity contribution in [2.75, 3.05) is 6.54 Å². The van der Waals surface area contributed by atoms with Crippen LogP contribution in [0.3, 0.4) is 0 Å². The fourth-order valence-electron chi connectivity index (χ4n) is 1.81. The summed E-state index contributed by atoms with van der Waals surface area (Å²) in [7, 11) is 1.65.